The van der Waals surface area contributed by atoms with Crippen LogP contribution in [0.15, 0.2) is 15.6 Å². The zero-order valence-corrected chi connectivity index (χ0v) is 8.88. The van der Waals surface area contributed by atoms with E-state index in [9.17, 15) is 13.6 Å². The van der Waals surface area contributed by atoms with Gasteiger partial charge in [0.05, 0.1) is 12.9 Å². The highest BCUT2D eigenvalue weighted by molar-refractivity contribution is 9.10. The summed E-state index contributed by atoms with van der Waals surface area (Å²) >= 11 is 2.98. The summed E-state index contributed by atoms with van der Waals surface area (Å²) in [4.78, 5) is 18.4. The number of anilines is 1. The van der Waals surface area contributed by atoms with Gasteiger partial charge in [0.15, 0.2) is 0 Å². The molecular formula is C7H8BrF2N3O. The Morgan fingerprint density at radius 2 is 2.36 bits per heavy atom. The van der Waals surface area contributed by atoms with Crippen molar-refractivity contribution in [2.75, 3.05) is 18.5 Å². The summed E-state index contributed by atoms with van der Waals surface area (Å²) in [5.41, 5.74) is -0.392. The van der Waals surface area contributed by atoms with Crippen molar-refractivity contribution >= 4 is 21.7 Å². The van der Waals surface area contributed by atoms with Crippen molar-refractivity contribution < 1.29 is 8.78 Å². The topological polar surface area (TPSA) is 49.0 Å². The van der Waals surface area contributed by atoms with Gasteiger partial charge >= 0.3 is 0 Å². The second-order valence-corrected chi connectivity index (χ2v) is 3.43. The highest BCUT2D eigenvalue weighted by atomic mass is 79.9. The quantitative estimate of drug-likeness (QED) is 0.897. The number of nitrogens with zero attached hydrogens (tertiary/aromatic N) is 2. The Bertz CT molecular complexity index is 368. The number of aromatic amines is 1. The smallest absolute Gasteiger partial charge is 0.267 e. The van der Waals surface area contributed by atoms with Crippen LogP contribution in [-0.4, -0.2) is 30.0 Å². The summed E-state index contributed by atoms with van der Waals surface area (Å²) in [5.74, 6) is 0.203. The van der Waals surface area contributed by atoms with Gasteiger partial charge in [0, 0.05) is 7.05 Å². The lowest BCUT2D eigenvalue weighted by Crippen LogP contribution is -2.27. The lowest BCUT2D eigenvalue weighted by atomic mass is 10.5. The summed E-state index contributed by atoms with van der Waals surface area (Å²) in [6.07, 6.45) is -1.29. The van der Waals surface area contributed by atoms with Gasteiger partial charge in [-0.05, 0) is 15.9 Å². The maximum Gasteiger partial charge on any atom is 0.267 e. The molecule has 0 radical (unpaired) electrons. The number of halogens is 3. The Balaban J connectivity index is 2.95. The van der Waals surface area contributed by atoms with E-state index in [1.54, 1.807) is 0 Å². The number of hydrogen-bond acceptors (Lipinski definition) is 3. The van der Waals surface area contributed by atoms with Crippen LogP contribution in [0.1, 0.15) is 0 Å². The molecule has 0 fully saturated rings. The number of aromatic nitrogens is 2. The predicted octanol–water partition coefficient (Wildman–Crippen LogP) is 1.23. The molecule has 1 heterocycles. The largest absolute Gasteiger partial charge is 0.353 e. The number of hydrogen-bond donors (Lipinski definition) is 1. The molecule has 0 saturated heterocycles. The summed E-state index contributed by atoms with van der Waals surface area (Å²) in [7, 11) is 1.44. The maximum absolute atomic E-state index is 12.0. The van der Waals surface area contributed by atoms with E-state index in [2.05, 4.69) is 25.9 Å². The van der Waals surface area contributed by atoms with Crippen LogP contribution in [0.25, 0.3) is 0 Å². The van der Waals surface area contributed by atoms with Crippen molar-refractivity contribution in [3.63, 3.8) is 0 Å². The van der Waals surface area contributed by atoms with Gasteiger partial charge in [0.2, 0.25) is 0 Å². The third kappa shape index (κ3) is 2.50. The van der Waals surface area contributed by atoms with E-state index < -0.39 is 18.5 Å². The molecule has 0 amide bonds. The minimum Gasteiger partial charge on any atom is -0.353 e. The van der Waals surface area contributed by atoms with Gasteiger partial charge in [-0.15, -0.1) is 0 Å². The second kappa shape index (κ2) is 4.50. The first-order valence-electron chi connectivity index (χ1n) is 3.75. The van der Waals surface area contributed by atoms with Gasteiger partial charge in [-0.2, -0.15) is 0 Å². The molecule has 14 heavy (non-hydrogen) atoms. The fourth-order valence-corrected chi connectivity index (χ4v) is 1.45. The fourth-order valence-electron chi connectivity index (χ4n) is 0.933. The van der Waals surface area contributed by atoms with Gasteiger partial charge in [0.1, 0.15) is 10.3 Å². The van der Waals surface area contributed by atoms with Crippen LogP contribution in [0.5, 0.6) is 0 Å². The minimum atomic E-state index is -2.46. The molecule has 0 aliphatic carbocycles. The molecule has 1 rings (SSSR count). The molecule has 0 atom stereocenters. The van der Waals surface area contributed by atoms with Crippen molar-refractivity contribution in [1.82, 2.24) is 9.97 Å². The zero-order chi connectivity index (χ0) is 10.7. The monoisotopic (exact) mass is 267 g/mol. The molecule has 78 valence electrons. The highest BCUT2D eigenvalue weighted by Crippen LogP contribution is 2.17. The molecule has 1 N–H and O–H groups in total. The first-order valence-corrected chi connectivity index (χ1v) is 4.54. The number of alkyl halides is 2. The van der Waals surface area contributed by atoms with E-state index in [4.69, 9.17) is 0 Å². The Kier molecular flexibility index (Phi) is 3.56. The molecule has 1 aromatic rings. The third-order valence-corrected chi connectivity index (χ3v) is 2.27. The van der Waals surface area contributed by atoms with Crippen molar-refractivity contribution in [3.8, 4) is 0 Å². The summed E-state index contributed by atoms with van der Waals surface area (Å²) in [6, 6.07) is 0. The van der Waals surface area contributed by atoms with E-state index in [-0.39, 0.29) is 10.3 Å². The van der Waals surface area contributed by atoms with E-state index in [1.165, 1.54) is 18.3 Å². The number of rotatable bonds is 3. The predicted molar refractivity (Wildman–Crippen MR) is 51.8 cm³/mol. The van der Waals surface area contributed by atoms with E-state index in [0.29, 0.717) is 0 Å². The minimum absolute atomic E-state index is 0.156. The molecule has 7 heteroatoms. The zero-order valence-electron chi connectivity index (χ0n) is 7.30. The molecule has 0 aromatic carbocycles. The number of H-pyrrole nitrogens is 1. The number of nitrogens with one attached hydrogen (secondary N) is 1. The van der Waals surface area contributed by atoms with Crippen LogP contribution in [0.4, 0.5) is 14.6 Å². The average molecular weight is 268 g/mol. The van der Waals surface area contributed by atoms with Crippen LogP contribution in [0, 0.1) is 0 Å². The van der Waals surface area contributed by atoms with Crippen molar-refractivity contribution in [3.05, 3.63) is 21.2 Å². The Hall–Kier alpha value is -0.980. The van der Waals surface area contributed by atoms with E-state index in [1.807, 2.05) is 0 Å². The standard InChI is InChI=1S/C7H8BrF2N3O/c1-13(2-4(9)10)6-5(8)7(14)12-3-11-6/h3-4H,2H2,1H3,(H,11,12,14). The summed E-state index contributed by atoms with van der Waals surface area (Å²) in [5, 5.41) is 0. The van der Waals surface area contributed by atoms with Crippen LogP contribution in [0.2, 0.25) is 0 Å². The maximum atomic E-state index is 12.0. The first-order chi connectivity index (χ1) is 6.52. The van der Waals surface area contributed by atoms with E-state index in [0.717, 1.165) is 0 Å². The van der Waals surface area contributed by atoms with Crippen molar-refractivity contribution in [2.24, 2.45) is 0 Å². The Morgan fingerprint density at radius 3 is 2.93 bits per heavy atom. The second-order valence-electron chi connectivity index (χ2n) is 2.64. The van der Waals surface area contributed by atoms with Crippen molar-refractivity contribution in [2.45, 2.75) is 6.43 Å². The van der Waals surface area contributed by atoms with E-state index >= 15 is 0 Å². The molecule has 0 spiro atoms. The molecule has 4 nitrogen and oxygen atoms in total. The normalized spacial score (nSPS) is 10.6. The molecule has 1 aromatic heterocycles. The summed E-state index contributed by atoms with van der Waals surface area (Å²) in [6.45, 7) is -0.463. The molecule has 0 unspecified atom stereocenters. The van der Waals surface area contributed by atoms with Gasteiger partial charge in [-0.3, -0.25) is 4.79 Å². The van der Waals surface area contributed by atoms with Gasteiger partial charge in [-0.1, -0.05) is 0 Å². The molecule has 0 bridgehead atoms. The molecule has 0 aliphatic rings. The first kappa shape index (κ1) is 11.1. The van der Waals surface area contributed by atoms with Crippen molar-refractivity contribution in [1.29, 1.82) is 0 Å². The third-order valence-electron chi connectivity index (χ3n) is 1.55. The lowest BCUT2D eigenvalue weighted by Gasteiger charge is -2.17. The molecule has 0 saturated carbocycles. The Morgan fingerprint density at radius 1 is 1.71 bits per heavy atom. The Labute approximate surface area is 87.1 Å². The summed E-state index contributed by atoms with van der Waals surface area (Å²) < 4.78 is 24.2. The van der Waals surface area contributed by atoms with Crippen LogP contribution in [-0.2, 0) is 0 Å². The van der Waals surface area contributed by atoms with Gasteiger partial charge < -0.3 is 9.88 Å². The van der Waals surface area contributed by atoms with Crippen LogP contribution >= 0.6 is 15.9 Å². The SMILES string of the molecule is CN(CC(F)F)c1nc[nH]c(=O)c1Br. The fraction of sp³-hybridized carbons (Fsp3) is 0.429. The highest BCUT2D eigenvalue weighted by Gasteiger charge is 2.13. The molecular weight excluding hydrogens is 260 g/mol. The van der Waals surface area contributed by atoms with Crippen LogP contribution in [0.3, 0.4) is 0 Å². The lowest BCUT2D eigenvalue weighted by molar-refractivity contribution is 0.156. The molecule has 0 aliphatic heterocycles. The van der Waals surface area contributed by atoms with Gasteiger partial charge in [0.25, 0.3) is 12.0 Å². The van der Waals surface area contributed by atoms with Gasteiger partial charge in [-0.25, -0.2) is 13.8 Å². The van der Waals surface area contributed by atoms with Crippen LogP contribution < -0.4 is 10.5 Å². The average Bonchev–Trinajstić information content (AvgIpc) is 2.08.